The van der Waals surface area contributed by atoms with E-state index < -0.39 is 24.3 Å². The standard InChI is InChI=1S/C11H14N4O4/c12-4-8-3-7(1-2-13-8)11(19)15-5-9(16)14-6-10(17)18/h1-3H,4-6,12H2,(H,14,16)(H,15,19)(H,17,18). The topological polar surface area (TPSA) is 134 Å². The predicted octanol–water partition coefficient (Wildman–Crippen LogP) is -1.53. The summed E-state index contributed by atoms with van der Waals surface area (Å²) in [5.41, 5.74) is 6.29. The molecule has 1 heterocycles. The van der Waals surface area contributed by atoms with Crippen molar-refractivity contribution in [2.45, 2.75) is 6.54 Å². The third-order valence-electron chi connectivity index (χ3n) is 2.13. The first-order chi connectivity index (χ1) is 9.02. The SMILES string of the molecule is NCc1cc(C(=O)NCC(=O)NCC(=O)O)ccn1. The summed E-state index contributed by atoms with van der Waals surface area (Å²) in [5.74, 6) is -2.19. The van der Waals surface area contributed by atoms with Crippen LogP contribution in [0, 0.1) is 0 Å². The molecule has 0 saturated heterocycles. The van der Waals surface area contributed by atoms with Gasteiger partial charge in [0, 0.05) is 18.3 Å². The van der Waals surface area contributed by atoms with Gasteiger partial charge >= 0.3 is 5.97 Å². The molecule has 0 spiro atoms. The second kappa shape index (κ2) is 7.07. The summed E-state index contributed by atoms with van der Waals surface area (Å²) in [7, 11) is 0. The molecule has 8 nitrogen and oxygen atoms in total. The summed E-state index contributed by atoms with van der Waals surface area (Å²) in [4.78, 5) is 37.0. The summed E-state index contributed by atoms with van der Waals surface area (Å²) >= 11 is 0. The van der Waals surface area contributed by atoms with Crippen molar-refractivity contribution in [2.75, 3.05) is 13.1 Å². The number of nitrogens with zero attached hydrogens (tertiary/aromatic N) is 1. The molecule has 0 saturated carbocycles. The Morgan fingerprint density at radius 3 is 2.63 bits per heavy atom. The lowest BCUT2D eigenvalue weighted by molar-refractivity contribution is -0.137. The van der Waals surface area contributed by atoms with Crippen LogP contribution in [0.4, 0.5) is 0 Å². The number of carboxylic acid groups (broad SMARTS) is 1. The Hall–Kier alpha value is -2.48. The average molecular weight is 266 g/mol. The van der Waals surface area contributed by atoms with Crippen LogP contribution >= 0.6 is 0 Å². The van der Waals surface area contributed by atoms with Gasteiger partial charge in [0.05, 0.1) is 12.2 Å². The van der Waals surface area contributed by atoms with Gasteiger partial charge in [0.15, 0.2) is 0 Å². The molecule has 0 radical (unpaired) electrons. The molecule has 1 rings (SSSR count). The highest BCUT2D eigenvalue weighted by Gasteiger charge is 2.09. The minimum Gasteiger partial charge on any atom is -0.480 e. The molecule has 0 aliphatic rings. The minimum absolute atomic E-state index is 0.209. The molecule has 0 fully saturated rings. The summed E-state index contributed by atoms with van der Waals surface area (Å²) in [5, 5.41) is 12.8. The average Bonchev–Trinajstić information content (AvgIpc) is 2.42. The van der Waals surface area contributed by atoms with E-state index in [0.717, 1.165) is 0 Å². The number of pyridine rings is 1. The van der Waals surface area contributed by atoms with E-state index in [0.29, 0.717) is 11.3 Å². The molecule has 1 aromatic heterocycles. The maximum atomic E-state index is 11.7. The van der Waals surface area contributed by atoms with Gasteiger partial charge < -0.3 is 21.5 Å². The van der Waals surface area contributed by atoms with Crippen LogP contribution in [-0.2, 0) is 16.1 Å². The van der Waals surface area contributed by atoms with Crippen LogP contribution in [0.5, 0.6) is 0 Å². The van der Waals surface area contributed by atoms with E-state index in [9.17, 15) is 14.4 Å². The van der Waals surface area contributed by atoms with E-state index in [1.807, 2.05) is 0 Å². The number of hydrogen-bond acceptors (Lipinski definition) is 5. The fourth-order valence-corrected chi connectivity index (χ4v) is 1.23. The molecule has 8 heteroatoms. The van der Waals surface area contributed by atoms with E-state index in [4.69, 9.17) is 10.8 Å². The summed E-state index contributed by atoms with van der Waals surface area (Å²) < 4.78 is 0. The maximum Gasteiger partial charge on any atom is 0.322 e. The van der Waals surface area contributed by atoms with Crippen LogP contribution in [0.2, 0.25) is 0 Å². The van der Waals surface area contributed by atoms with E-state index in [-0.39, 0.29) is 13.1 Å². The van der Waals surface area contributed by atoms with Gasteiger partial charge in [0.1, 0.15) is 6.54 Å². The summed E-state index contributed by atoms with van der Waals surface area (Å²) in [6.07, 6.45) is 1.45. The first-order valence-electron chi connectivity index (χ1n) is 5.44. The molecular weight excluding hydrogens is 252 g/mol. The van der Waals surface area contributed by atoms with Gasteiger partial charge in [0.2, 0.25) is 5.91 Å². The highest BCUT2D eigenvalue weighted by Crippen LogP contribution is 2.00. The smallest absolute Gasteiger partial charge is 0.322 e. The Morgan fingerprint density at radius 1 is 1.26 bits per heavy atom. The molecule has 2 amide bonds. The maximum absolute atomic E-state index is 11.7. The first-order valence-corrected chi connectivity index (χ1v) is 5.44. The number of aliphatic carboxylic acids is 1. The third kappa shape index (κ3) is 5.13. The number of nitrogens with one attached hydrogen (secondary N) is 2. The molecule has 0 atom stereocenters. The van der Waals surface area contributed by atoms with Crippen LogP contribution in [0.3, 0.4) is 0 Å². The van der Waals surface area contributed by atoms with Gasteiger partial charge in [-0.15, -0.1) is 0 Å². The van der Waals surface area contributed by atoms with Crippen molar-refractivity contribution in [3.63, 3.8) is 0 Å². The molecule has 19 heavy (non-hydrogen) atoms. The molecule has 102 valence electrons. The van der Waals surface area contributed by atoms with Crippen LogP contribution in [0.25, 0.3) is 0 Å². The van der Waals surface area contributed by atoms with Crippen molar-refractivity contribution in [1.82, 2.24) is 15.6 Å². The molecule has 0 unspecified atom stereocenters. The fraction of sp³-hybridized carbons (Fsp3) is 0.273. The number of amides is 2. The second-order valence-corrected chi connectivity index (χ2v) is 3.59. The van der Waals surface area contributed by atoms with Crippen molar-refractivity contribution in [3.05, 3.63) is 29.6 Å². The molecule has 0 aliphatic carbocycles. The van der Waals surface area contributed by atoms with Gasteiger partial charge in [-0.1, -0.05) is 0 Å². The number of rotatable bonds is 6. The highest BCUT2D eigenvalue weighted by molar-refractivity contribution is 5.96. The summed E-state index contributed by atoms with van der Waals surface area (Å²) in [6, 6.07) is 3.01. The largest absolute Gasteiger partial charge is 0.480 e. The van der Waals surface area contributed by atoms with Crippen LogP contribution < -0.4 is 16.4 Å². The van der Waals surface area contributed by atoms with Gasteiger partial charge in [0.25, 0.3) is 5.91 Å². The number of carbonyl (C=O) groups excluding carboxylic acids is 2. The monoisotopic (exact) mass is 266 g/mol. The molecule has 0 aliphatic heterocycles. The lowest BCUT2D eigenvalue weighted by atomic mass is 10.2. The van der Waals surface area contributed by atoms with Crippen LogP contribution in [0.1, 0.15) is 16.1 Å². The van der Waals surface area contributed by atoms with Crippen molar-refractivity contribution in [1.29, 1.82) is 0 Å². The number of hydrogen-bond donors (Lipinski definition) is 4. The number of carboxylic acids is 1. The Balaban J connectivity index is 2.46. The fourth-order valence-electron chi connectivity index (χ4n) is 1.23. The number of nitrogens with two attached hydrogens (primary N) is 1. The molecule has 5 N–H and O–H groups in total. The van der Waals surface area contributed by atoms with Crippen molar-refractivity contribution in [2.24, 2.45) is 5.73 Å². The quantitative estimate of drug-likeness (QED) is 0.493. The normalized spacial score (nSPS) is 9.74. The third-order valence-corrected chi connectivity index (χ3v) is 2.13. The summed E-state index contributed by atoms with van der Waals surface area (Å²) in [6.45, 7) is -0.576. The lowest BCUT2D eigenvalue weighted by Crippen LogP contribution is -2.39. The molecule has 0 bridgehead atoms. The molecule has 1 aromatic rings. The Morgan fingerprint density at radius 2 is 2.00 bits per heavy atom. The van der Waals surface area contributed by atoms with Gasteiger partial charge in [-0.2, -0.15) is 0 Å². The second-order valence-electron chi connectivity index (χ2n) is 3.59. The Bertz CT molecular complexity index is 489. The first kappa shape index (κ1) is 14.6. The van der Waals surface area contributed by atoms with Crippen molar-refractivity contribution in [3.8, 4) is 0 Å². The van der Waals surface area contributed by atoms with E-state index in [1.54, 1.807) is 0 Å². The minimum atomic E-state index is -1.15. The molecular formula is C11H14N4O4. The zero-order valence-electron chi connectivity index (χ0n) is 10.0. The van der Waals surface area contributed by atoms with Gasteiger partial charge in [-0.25, -0.2) is 0 Å². The van der Waals surface area contributed by atoms with Crippen molar-refractivity contribution < 1.29 is 19.5 Å². The van der Waals surface area contributed by atoms with E-state index >= 15 is 0 Å². The Kier molecular flexibility index (Phi) is 5.42. The van der Waals surface area contributed by atoms with Gasteiger partial charge in [-0.05, 0) is 12.1 Å². The zero-order chi connectivity index (χ0) is 14.3. The van der Waals surface area contributed by atoms with E-state index in [2.05, 4.69) is 15.6 Å². The van der Waals surface area contributed by atoms with Crippen LogP contribution in [-0.4, -0.2) is 41.0 Å². The van der Waals surface area contributed by atoms with Gasteiger partial charge in [-0.3, -0.25) is 19.4 Å². The van der Waals surface area contributed by atoms with Crippen molar-refractivity contribution >= 4 is 17.8 Å². The Labute approximate surface area is 109 Å². The van der Waals surface area contributed by atoms with E-state index in [1.165, 1.54) is 18.3 Å². The zero-order valence-corrected chi connectivity index (χ0v) is 10.0. The number of aromatic nitrogens is 1. The lowest BCUT2D eigenvalue weighted by Gasteiger charge is -2.06. The molecule has 0 aromatic carbocycles. The van der Waals surface area contributed by atoms with Crippen LogP contribution in [0.15, 0.2) is 18.3 Å². The predicted molar refractivity (Wildman–Crippen MR) is 65.1 cm³/mol. The highest BCUT2D eigenvalue weighted by atomic mass is 16.4. The number of carbonyl (C=O) groups is 3.